The number of ether oxygens (including phenoxy) is 1. The molecule has 0 bridgehead atoms. The molecule has 4 nitrogen and oxygen atoms in total. The number of sulfonamides is 1. The van der Waals surface area contributed by atoms with Gasteiger partial charge in [-0.2, -0.15) is 0 Å². The summed E-state index contributed by atoms with van der Waals surface area (Å²) in [5.74, 6) is 0.693. The maximum absolute atomic E-state index is 12.3. The first kappa shape index (κ1) is 17.8. The van der Waals surface area contributed by atoms with Crippen molar-refractivity contribution in [1.82, 2.24) is 4.72 Å². The molecule has 0 aromatic heterocycles. The Morgan fingerprint density at radius 3 is 2.26 bits per heavy atom. The van der Waals surface area contributed by atoms with Crippen LogP contribution in [0.3, 0.4) is 0 Å². The van der Waals surface area contributed by atoms with E-state index in [1.165, 1.54) is 0 Å². The van der Waals surface area contributed by atoms with Gasteiger partial charge in [-0.25, -0.2) is 13.1 Å². The van der Waals surface area contributed by atoms with Crippen molar-refractivity contribution in [1.29, 1.82) is 0 Å². The number of halogens is 1. The fourth-order valence-electron chi connectivity index (χ4n) is 2.20. The largest absolute Gasteiger partial charge is 0.494 e. The maximum Gasteiger partial charge on any atom is 0.216 e. The minimum atomic E-state index is -3.44. The van der Waals surface area contributed by atoms with E-state index in [4.69, 9.17) is 16.3 Å². The molecule has 0 aliphatic rings. The second kappa shape index (κ2) is 7.81. The molecule has 23 heavy (non-hydrogen) atoms. The van der Waals surface area contributed by atoms with Gasteiger partial charge in [0.25, 0.3) is 0 Å². The SMILES string of the molecule is CCOc1ccc(C(C)NS(=O)(=O)Cc2ccc(Cl)cc2)cc1. The summed E-state index contributed by atoms with van der Waals surface area (Å²) in [6.07, 6.45) is 0. The summed E-state index contributed by atoms with van der Waals surface area (Å²) in [5.41, 5.74) is 1.58. The molecule has 2 aromatic carbocycles. The van der Waals surface area contributed by atoms with Crippen LogP contribution in [0.15, 0.2) is 48.5 Å². The molecule has 0 aliphatic heterocycles. The maximum atomic E-state index is 12.3. The molecule has 2 rings (SSSR count). The molecule has 0 heterocycles. The van der Waals surface area contributed by atoms with Crippen LogP contribution in [0.5, 0.6) is 5.75 Å². The third kappa shape index (κ3) is 5.53. The minimum absolute atomic E-state index is 0.0778. The van der Waals surface area contributed by atoms with Crippen molar-refractivity contribution in [3.8, 4) is 5.75 Å². The number of hydrogen-bond donors (Lipinski definition) is 1. The smallest absolute Gasteiger partial charge is 0.216 e. The van der Waals surface area contributed by atoms with Crippen molar-refractivity contribution in [2.75, 3.05) is 6.61 Å². The van der Waals surface area contributed by atoms with Crippen LogP contribution in [-0.4, -0.2) is 15.0 Å². The van der Waals surface area contributed by atoms with Crippen LogP contribution in [0.4, 0.5) is 0 Å². The highest BCUT2D eigenvalue weighted by molar-refractivity contribution is 7.88. The molecule has 1 atom stereocenters. The quantitative estimate of drug-likeness (QED) is 0.820. The first-order chi connectivity index (χ1) is 10.9. The van der Waals surface area contributed by atoms with Gasteiger partial charge in [0.15, 0.2) is 0 Å². The van der Waals surface area contributed by atoms with Crippen LogP contribution in [0.25, 0.3) is 0 Å². The molecule has 0 radical (unpaired) electrons. The summed E-state index contributed by atoms with van der Waals surface area (Å²) in [5, 5.41) is 0.585. The Kier molecular flexibility index (Phi) is 6.04. The second-order valence-corrected chi connectivity index (χ2v) is 7.42. The summed E-state index contributed by atoms with van der Waals surface area (Å²) in [6, 6.07) is 13.9. The Hall–Kier alpha value is -1.56. The van der Waals surface area contributed by atoms with Crippen molar-refractivity contribution in [2.45, 2.75) is 25.6 Å². The van der Waals surface area contributed by atoms with E-state index in [1.54, 1.807) is 24.3 Å². The van der Waals surface area contributed by atoms with E-state index in [0.29, 0.717) is 17.2 Å². The lowest BCUT2D eigenvalue weighted by Gasteiger charge is -2.15. The Bertz CT molecular complexity index is 727. The molecular formula is C17H20ClNO3S. The molecule has 0 aliphatic carbocycles. The highest BCUT2D eigenvalue weighted by atomic mass is 35.5. The van der Waals surface area contributed by atoms with E-state index in [1.807, 2.05) is 38.1 Å². The highest BCUT2D eigenvalue weighted by Gasteiger charge is 2.16. The van der Waals surface area contributed by atoms with Gasteiger partial charge in [-0.1, -0.05) is 35.9 Å². The number of rotatable bonds is 7. The third-order valence-corrected chi connectivity index (χ3v) is 5.00. The van der Waals surface area contributed by atoms with Crippen LogP contribution in [0.1, 0.15) is 31.0 Å². The summed E-state index contributed by atoms with van der Waals surface area (Å²) in [4.78, 5) is 0. The van der Waals surface area contributed by atoms with Gasteiger partial charge in [0.1, 0.15) is 5.75 Å². The second-order valence-electron chi connectivity index (χ2n) is 5.23. The number of hydrogen-bond acceptors (Lipinski definition) is 3. The Labute approximate surface area is 142 Å². The molecule has 0 saturated carbocycles. The van der Waals surface area contributed by atoms with Crippen molar-refractivity contribution in [3.05, 3.63) is 64.7 Å². The van der Waals surface area contributed by atoms with Crippen LogP contribution < -0.4 is 9.46 Å². The normalized spacial score (nSPS) is 12.8. The average molecular weight is 354 g/mol. The summed E-state index contributed by atoms with van der Waals surface area (Å²) < 4.78 is 32.6. The molecule has 0 amide bonds. The van der Waals surface area contributed by atoms with Crippen molar-refractivity contribution in [3.63, 3.8) is 0 Å². The fraction of sp³-hybridized carbons (Fsp3) is 0.294. The van der Waals surface area contributed by atoms with Crippen LogP contribution in [0.2, 0.25) is 5.02 Å². The van der Waals surface area contributed by atoms with Gasteiger partial charge in [-0.3, -0.25) is 0 Å². The zero-order valence-electron chi connectivity index (χ0n) is 13.1. The zero-order chi connectivity index (χ0) is 16.9. The summed E-state index contributed by atoms with van der Waals surface area (Å²) >= 11 is 5.81. The van der Waals surface area contributed by atoms with Gasteiger partial charge in [0, 0.05) is 11.1 Å². The van der Waals surface area contributed by atoms with Gasteiger partial charge in [0.05, 0.1) is 12.4 Å². The minimum Gasteiger partial charge on any atom is -0.494 e. The van der Waals surface area contributed by atoms with Gasteiger partial charge >= 0.3 is 0 Å². The predicted molar refractivity (Wildman–Crippen MR) is 93.2 cm³/mol. The molecule has 2 aromatic rings. The van der Waals surface area contributed by atoms with Gasteiger partial charge < -0.3 is 4.74 Å². The third-order valence-electron chi connectivity index (χ3n) is 3.32. The fourth-order valence-corrected chi connectivity index (χ4v) is 3.71. The molecular weight excluding hydrogens is 334 g/mol. The number of benzene rings is 2. The summed E-state index contributed by atoms with van der Waals surface area (Å²) in [6.45, 7) is 4.33. The number of nitrogens with one attached hydrogen (secondary N) is 1. The molecule has 0 spiro atoms. The van der Waals surface area contributed by atoms with Crippen molar-refractivity contribution < 1.29 is 13.2 Å². The lowest BCUT2D eigenvalue weighted by atomic mass is 10.1. The van der Waals surface area contributed by atoms with Crippen LogP contribution in [-0.2, 0) is 15.8 Å². The average Bonchev–Trinajstić information content (AvgIpc) is 2.50. The monoisotopic (exact) mass is 353 g/mol. The lowest BCUT2D eigenvalue weighted by molar-refractivity contribution is 0.340. The van der Waals surface area contributed by atoms with Crippen molar-refractivity contribution >= 4 is 21.6 Å². The van der Waals surface area contributed by atoms with E-state index in [9.17, 15) is 8.42 Å². The first-order valence-corrected chi connectivity index (χ1v) is 9.40. The van der Waals surface area contributed by atoms with Crippen LogP contribution >= 0.6 is 11.6 Å². The van der Waals surface area contributed by atoms with E-state index in [2.05, 4.69) is 4.72 Å². The van der Waals surface area contributed by atoms with E-state index >= 15 is 0 Å². The Morgan fingerprint density at radius 1 is 1.09 bits per heavy atom. The van der Waals surface area contributed by atoms with E-state index in [0.717, 1.165) is 11.3 Å². The predicted octanol–water partition coefficient (Wildman–Crippen LogP) is 3.92. The highest BCUT2D eigenvalue weighted by Crippen LogP contribution is 2.19. The molecule has 6 heteroatoms. The first-order valence-electron chi connectivity index (χ1n) is 7.37. The standard InChI is InChI=1S/C17H20ClNO3S/c1-3-22-17-10-6-15(7-11-17)13(2)19-23(20,21)12-14-4-8-16(18)9-5-14/h4-11,13,19H,3,12H2,1-2H3. The molecule has 124 valence electrons. The summed E-state index contributed by atoms with van der Waals surface area (Å²) in [7, 11) is -3.44. The molecule has 1 N–H and O–H groups in total. The molecule has 0 saturated heterocycles. The Morgan fingerprint density at radius 2 is 1.70 bits per heavy atom. The lowest BCUT2D eigenvalue weighted by Crippen LogP contribution is -2.28. The topological polar surface area (TPSA) is 55.4 Å². The van der Waals surface area contributed by atoms with Gasteiger partial charge in [0.2, 0.25) is 10.0 Å². The van der Waals surface area contributed by atoms with Gasteiger partial charge in [-0.15, -0.1) is 0 Å². The van der Waals surface area contributed by atoms with Crippen LogP contribution in [0, 0.1) is 0 Å². The van der Waals surface area contributed by atoms with E-state index in [-0.39, 0.29) is 11.8 Å². The van der Waals surface area contributed by atoms with E-state index < -0.39 is 10.0 Å². The van der Waals surface area contributed by atoms with Gasteiger partial charge in [-0.05, 0) is 49.2 Å². The molecule has 1 unspecified atom stereocenters. The van der Waals surface area contributed by atoms with Crippen molar-refractivity contribution in [2.24, 2.45) is 0 Å². The zero-order valence-corrected chi connectivity index (χ0v) is 14.7. The Balaban J connectivity index is 2.02. The molecule has 0 fully saturated rings.